The third-order valence-electron chi connectivity index (χ3n) is 4.24. The van der Waals surface area contributed by atoms with Gasteiger partial charge in [0.2, 0.25) is 0 Å². The minimum atomic E-state index is 0.897. The predicted molar refractivity (Wildman–Crippen MR) is 75.7 cm³/mol. The van der Waals surface area contributed by atoms with E-state index in [1.165, 1.54) is 44.9 Å². The molecule has 0 fully saturated rings. The Hall–Kier alpha value is -0.260. The molecule has 3 unspecified atom stereocenters. The van der Waals surface area contributed by atoms with Gasteiger partial charge in [0.05, 0.1) is 0 Å². The normalized spacial score (nSPS) is 16.8. The van der Waals surface area contributed by atoms with Crippen LogP contribution in [0.15, 0.2) is 12.7 Å². The Bertz CT molecular complexity index is 159. The van der Waals surface area contributed by atoms with Gasteiger partial charge in [0.15, 0.2) is 0 Å². The minimum Gasteiger partial charge on any atom is -0.103 e. The van der Waals surface area contributed by atoms with Crippen molar-refractivity contribution in [3.05, 3.63) is 12.7 Å². The van der Waals surface area contributed by atoms with E-state index in [4.69, 9.17) is 0 Å². The molecule has 0 spiro atoms. The molecule has 0 heterocycles. The molecular weight excluding hydrogens is 192 g/mol. The predicted octanol–water partition coefficient (Wildman–Crippen LogP) is 5.83. The maximum absolute atomic E-state index is 3.81. The van der Waals surface area contributed by atoms with Crippen LogP contribution in [0.2, 0.25) is 0 Å². The van der Waals surface area contributed by atoms with Crippen molar-refractivity contribution in [3.8, 4) is 0 Å². The minimum absolute atomic E-state index is 0.897. The molecule has 0 aromatic heterocycles. The highest BCUT2D eigenvalue weighted by atomic mass is 14.2. The van der Waals surface area contributed by atoms with Crippen LogP contribution in [0.25, 0.3) is 0 Å². The summed E-state index contributed by atoms with van der Waals surface area (Å²) in [6, 6.07) is 0. The Labute approximate surface area is 104 Å². The van der Waals surface area contributed by atoms with Gasteiger partial charge in [-0.25, -0.2) is 0 Å². The standard InChI is InChI=1S/C16H32/c1-6-9-12-16(8-3)13-10-11-15(5)14(4)7-2/h6,14-16H,1,7-13H2,2-5H3. The van der Waals surface area contributed by atoms with Crippen LogP contribution < -0.4 is 0 Å². The second-order valence-corrected chi connectivity index (χ2v) is 5.43. The maximum atomic E-state index is 3.81. The molecule has 0 heteroatoms. The van der Waals surface area contributed by atoms with Crippen molar-refractivity contribution in [2.45, 2.75) is 72.6 Å². The van der Waals surface area contributed by atoms with Gasteiger partial charge >= 0.3 is 0 Å². The van der Waals surface area contributed by atoms with Gasteiger partial charge < -0.3 is 0 Å². The molecule has 3 atom stereocenters. The molecule has 96 valence electrons. The quantitative estimate of drug-likeness (QED) is 0.409. The van der Waals surface area contributed by atoms with Crippen molar-refractivity contribution in [2.75, 3.05) is 0 Å². The second-order valence-electron chi connectivity index (χ2n) is 5.43. The van der Waals surface area contributed by atoms with Gasteiger partial charge in [-0.15, -0.1) is 6.58 Å². The van der Waals surface area contributed by atoms with E-state index in [0.29, 0.717) is 0 Å². The largest absolute Gasteiger partial charge is 0.103 e. The fourth-order valence-corrected chi connectivity index (χ4v) is 2.32. The molecule has 0 rings (SSSR count). The number of allylic oxidation sites excluding steroid dienone is 1. The Balaban J connectivity index is 3.64. The molecule has 0 bridgehead atoms. The van der Waals surface area contributed by atoms with E-state index in [2.05, 4.69) is 40.3 Å². The zero-order valence-electron chi connectivity index (χ0n) is 12.0. The van der Waals surface area contributed by atoms with Crippen molar-refractivity contribution < 1.29 is 0 Å². The Morgan fingerprint density at radius 2 is 1.62 bits per heavy atom. The average Bonchev–Trinajstić information content (AvgIpc) is 2.32. The lowest BCUT2D eigenvalue weighted by Crippen LogP contribution is -2.08. The van der Waals surface area contributed by atoms with E-state index in [1.807, 2.05) is 0 Å². The molecule has 0 aliphatic rings. The summed E-state index contributed by atoms with van der Waals surface area (Å²) in [5.41, 5.74) is 0. The molecule has 0 saturated heterocycles. The van der Waals surface area contributed by atoms with E-state index < -0.39 is 0 Å². The first-order valence-electron chi connectivity index (χ1n) is 7.26. The first kappa shape index (κ1) is 15.7. The van der Waals surface area contributed by atoms with Gasteiger partial charge in [0, 0.05) is 0 Å². The van der Waals surface area contributed by atoms with Crippen LogP contribution in [0.3, 0.4) is 0 Å². The van der Waals surface area contributed by atoms with Gasteiger partial charge in [-0.05, 0) is 30.6 Å². The van der Waals surface area contributed by atoms with Crippen molar-refractivity contribution in [3.63, 3.8) is 0 Å². The van der Waals surface area contributed by atoms with Gasteiger partial charge in [-0.2, -0.15) is 0 Å². The van der Waals surface area contributed by atoms with Crippen molar-refractivity contribution >= 4 is 0 Å². The molecule has 0 aromatic rings. The number of rotatable bonds is 10. The monoisotopic (exact) mass is 224 g/mol. The van der Waals surface area contributed by atoms with Crippen molar-refractivity contribution in [1.82, 2.24) is 0 Å². The van der Waals surface area contributed by atoms with E-state index in [-0.39, 0.29) is 0 Å². The summed E-state index contributed by atoms with van der Waals surface area (Å²) < 4.78 is 0. The fourth-order valence-electron chi connectivity index (χ4n) is 2.32. The van der Waals surface area contributed by atoms with Crippen LogP contribution in [-0.4, -0.2) is 0 Å². The highest BCUT2D eigenvalue weighted by Gasteiger charge is 2.11. The second kappa shape index (κ2) is 9.93. The molecule has 0 amide bonds. The summed E-state index contributed by atoms with van der Waals surface area (Å²) in [4.78, 5) is 0. The maximum Gasteiger partial charge on any atom is -0.0351 e. The summed E-state index contributed by atoms with van der Waals surface area (Å²) >= 11 is 0. The first-order chi connectivity index (χ1) is 7.65. The summed E-state index contributed by atoms with van der Waals surface area (Å²) in [6.45, 7) is 13.2. The molecule has 0 N–H and O–H groups in total. The highest BCUT2D eigenvalue weighted by molar-refractivity contribution is 4.70. The molecule has 0 aliphatic heterocycles. The van der Waals surface area contributed by atoms with E-state index >= 15 is 0 Å². The van der Waals surface area contributed by atoms with Gasteiger partial charge in [-0.1, -0.05) is 65.9 Å². The number of hydrogen-bond acceptors (Lipinski definition) is 0. The first-order valence-corrected chi connectivity index (χ1v) is 7.26. The lowest BCUT2D eigenvalue weighted by molar-refractivity contribution is 0.323. The number of hydrogen-bond donors (Lipinski definition) is 0. The zero-order chi connectivity index (χ0) is 12.4. The lowest BCUT2D eigenvalue weighted by atomic mass is 9.86. The Morgan fingerprint density at radius 1 is 0.938 bits per heavy atom. The van der Waals surface area contributed by atoms with Gasteiger partial charge in [0.1, 0.15) is 0 Å². The topological polar surface area (TPSA) is 0 Å². The highest BCUT2D eigenvalue weighted by Crippen LogP contribution is 2.24. The molecular formula is C16H32. The van der Waals surface area contributed by atoms with Crippen LogP contribution in [0, 0.1) is 17.8 Å². The summed E-state index contributed by atoms with van der Waals surface area (Å²) in [5, 5.41) is 0. The molecule has 0 aliphatic carbocycles. The molecule has 0 radical (unpaired) electrons. The lowest BCUT2D eigenvalue weighted by Gasteiger charge is -2.20. The average molecular weight is 224 g/mol. The Morgan fingerprint density at radius 3 is 2.12 bits per heavy atom. The smallest absolute Gasteiger partial charge is 0.0351 e. The van der Waals surface area contributed by atoms with Crippen LogP contribution >= 0.6 is 0 Å². The summed E-state index contributed by atoms with van der Waals surface area (Å²) in [5.74, 6) is 2.73. The summed E-state index contributed by atoms with van der Waals surface area (Å²) in [6.07, 6.45) is 11.5. The van der Waals surface area contributed by atoms with E-state index in [0.717, 1.165) is 17.8 Å². The molecule has 0 saturated carbocycles. The van der Waals surface area contributed by atoms with Crippen LogP contribution in [0.1, 0.15) is 72.6 Å². The molecule has 0 nitrogen and oxygen atoms in total. The molecule has 16 heavy (non-hydrogen) atoms. The SMILES string of the molecule is C=CCCC(CC)CCCC(C)C(C)CC. The third-order valence-corrected chi connectivity index (χ3v) is 4.24. The zero-order valence-corrected chi connectivity index (χ0v) is 12.0. The van der Waals surface area contributed by atoms with Crippen molar-refractivity contribution in [1.29, 1.82) is 0 Å². The Kier molecular flexibility index (Phi) is 9.77. The summed E-state index contributed by atoms with van der Waals surface area (Å²) in [7, 11) is 0. The molecule has 0 aromatic carbocycles. The van der Waals surface area contributed by atoms with E-state index in [9.17, 15) is 0 Å². The van der Waals surface area contributed by atoms with Crippen LogP contribution in [-0.2, 0) is 0 Å². The van der Waals surface area contributed by atoms with Gasteiger partial charge in [0.25, 0.3) is 0 Å². The third kappa shape index (κ3) is 7.09. The van der Waals surface area contributed by atoms with Gasteiger partial charge in [-0.3, -0.25) is 0 Å². The van der Waals surface area contributed by atoms with Crippen molar-refractivity contribution in [2.24, 2.45) is 17.8 Å². The van der Waals surface area contributed by atoms with E-state index in [1.54, 1.807) is 0 Å². The van der Waals surface area contributed by atoms with Crippen LogP contribution in [0.5, 0.6) is 0 Å². The fraction of sp³-hybridized carbons (Fsp3) is 0.875. The van der Waals surface area contributed by atoms with Crippen LogP contribution in [0.4, 0.5) is 0 Å².